The summed E-state index contributed by atoms with van der Waals surface area (Å²) in [6, 6.07) is 1.71. The van der Waals surface area contributed by atoms with Crippen molar-refractivity contribution in [2.75, 3.05) is 31.1 Å². The van der Waals surface area contributed by atoms with Crippen molar-refractivity contribution < 1.29 is 9.59 Å². The normalized spacial score (nSPS) is 15.4. The SMILES string of the molecule is Cc1cc(C(=O)NCC(=O)N2CCSCC2)n(C)n1. The molecule has 0 unspecified atom stereocenters. The highest BCUT2D eigenvalue weighted by Crippen LogP contribution is 2.08. The Labute approximate surface area is 116 Å². The molecule has 1 aliphatic rings. The number of aromatic nitrogens is 2. The summed E-state index contributed by atoms with van der Waals surface area (Å²) >= 11 is 1.85. The van der Waals surface area contributed by atoms with Crippen molar-refractivity contribution in [2.24, 2.45) is 7.05 Å². The van der Waals surface area contributed by atoms with E-state index in [0.29, 0.717) is 5.69 Å². The summed E-state index contributed by atoms with van der Waals surface area (Å²) in [5.41, 5.74) is 1.26. The van der Waals surface area contributed by atoms with E-state index >= 15 is 0 Å². The van der Waals surface area contributed by atoms with Crippen LogP contribution in [-0.4, -0.2) is 57.6 Å². The lowest BCUT2D eigenvalue weighted by Gasteiger charge is -2.26. The molecule has 1 fully saturated rings. The van der Waals surface area contributed by atoms with Gasteiger partial charge in [-0.05, 0) is 13.0 Å². The third-order valence-corrected chi connectivity index (χ3v) is 3.94. The van der Waals surface area contributed by atoms with E-state index in [-0.39, 0.29) is 18.4 Å². The molecular formula is C12H18N4O2S. The maximum absolute atomic E-state index is 11.9. The fourth-order valence-corrected chi connectivity index (χ4v) is 2.90. The Hall–Kier alpha value is -1.50. The van der Waals surface area contributed by atoms with E-state index < -0.39 is 0 Å². The summed E-state index contributed by atoms with van der Waals surface area (Å²) in [4.78, 5) is 25.6. The van der Waals surface area contributed by atoms with Gasteiger partial charge in [-0.1, -0.05) is 0 Å². The van der Waals surface area contributed by atoms with E-state index in [4.69, 9.17) is 0 Å². The first-order chi connectivity index (χ1) is 9.08. The summed E-state index contributed by atoms with van der Waals surface area (Å²) in [5.74, 6) is 1.66. The molecule has 0 saturated carbocycles. The molecule has 104 valence electrons. The Morgan fingerprint density at radius 1 is 1.42 bits per heavy atom. The number of nitrogens with one attached hydrogen (secondary N) is 1. The third kappa shape index (κ3) is 3.50. The molecule has 0 bridgehead atoms. The minimum Gasteiger partial charge on any atom is -0.342 e. The Kier molecular flexibility index (Phi) is 4.47. The maximum atomic E-state index is 11.9. The molecule has 1 aromatic heterocycles. The van der Waals surface area contributed by atoms with E-state index in [1.165, 1.54) is 4.68 Å². The smallest absolute Gasteiger partial charge is 0.269 e. The molecule has 2 rings (SSSR count). The van der Waals surface area contributed by atoms with Crippen LogP contribution in [-0.2, 0) is 11.8 Å². The van der Waals surface area contributed by atoms with Gasteiger partial charge in [-0.25, -0.2) is 0 Å². The van der Waals surface area contributed by atoms with E-state index in [9.17, 15) is 9.59 Å². The van der Waals surface area contributed by atoms with Crippen molar-refractivity contribution >= 4 is 23.6 Å². The number of carbonyl (C=O) groups is 2. The molecule has 2 amide bonds. The largest absolute Gasteiger partial charge is 0.342 e. The fourth-order valence-electron chi connectivity index (χ4n) is 1.99. The van der Waals surface area contributed by atoms with Crippen molar-refractivity contribution in [3.05, 3.63) is 17.5 Å². The van der Waals surface area contributed by atoms with E-state index in [1.807, 2.05) is 18.7 Å². The molecule has 0 spiro atoms. The minimum absolute atomic E-state index is 0.0208. The topological polar surface area (TPSA) is 67.2 Å². The highest BCUT2D eigenvalue weighted by Gasteiger charge is 2.18. The summed E-state index contributed by atoms with van der Waals surface area (Å²) in [7, 11) is 1.71. The lowest BCUT2D eigenvalue weighted by molar-refractivity contribution is -0.129. The van der Waals surface area contributed by atoms with Crippen LogP contribution in [0.15, 0.2) is 6.07 Å². The summed E-state index contributed by atoms with van der Waals surface area (Å²) in [6.07, 6.45) is 0. The molecule has 19 heavy (non-hydrogen) atoms. The monoisotopic (exact) mass is 282 g/mol. The lowest BCUT2D eigenvalue weighted by atomic mass is 10.3. The van der Waals surface area contributed by atoms with Crippen molar-refractivity contribution in [3.8, 4) is 0 Å². The Morgan fingerprint density at radius 2 is 2.11 bits per heavy atom. The fraction of sp³-hybridized carbons (Fsp3) is 0.583. The van der Waals surface area contributed by atoms with Gasteiger partial charge in [0.2, 0.25) is 5.91 Å². The molecule has 0 aliphatic carbocycles. The summed E-state index contributed by atoms with van der Waals surface area (Å²) in [6.45, 7) is 3.41. The van der Waals surface area contributed by atoms with Gasteiger partial charge in [0.1, 0.15) is 5.69 Å². The van der Waals surface area contributed by atoms with Gasteiger partial charge in [0.05, 0.1) is 12.2 Å². The zero-order chi connectivity index (χ0) is 13.8. The summed E-state index contributed by atoms with van der Waals surface area (Å²) < 4.78 is 1.52. The van der Waals surface area contributed by atoms with Gasteiger partial charge in [-0.15, -0.1) is 0 Å². The average molecular weight is 282 g/mol. The molecule has 2 heterocycles. The summed E-state index contributed by atoms with van der Waals surface area (Å²) in [5, 5.41) is 6.76. The number of thioether (sulfide) groups is 1. The van der Waals surface area contributed by atoms with Crippen molar-refractivity contribution in [3.63, 3.8) is 0 Å². The molecule has 7 heteroatoms. The minimum atomic E-state index is -0.261. The first kappa shape index (κ1) is 13.9. The quantitative estimate of drug-likeness (QED) is 0.849. The zero-order valence-corrected chi connectivity index (χ0v) is 12.0. The van der Waals surface area contributed by atoms with Crippen LogP contribution in [0.2, 0.25) is 0 Å². The first-order valence-electron chi connectivity index (χ1n) is 6.22. The number of hydrogen-bond acceptors (Lipinski definition) is 4. The number of rotatable bonds is 3. The Morgan fingerprint density at radius 3 is 2.68 bits per heavy atom. The lowest BCUT2D eigenvalue weighted by Crippen LogP contribution is -2.44. The molecule has 0 atom stereocenters. The molecule has 1 aliphatic heterocycles. The van der Waals surface area contributed by atoms with Gasteiger partial charge in [0, 0.05) is 31.6 Å². The average Bonchev–Trinajstić information content (AvgIpc) is 2.75. The van der Waals surface area contributed by atoms with E-state index in [1.54, 1.807) is 18.0 Å². The van der Waals surface area contributed by atoms with Crippen molar-refractivity contribution in [1.82, 2.24) is 20.0 Å². The van der Waals surface area contributed by atoms with Gasteiger partial charge in [0.25, 0.3) is 5.91 Å². The predicted octanol–water partition coefficient (Wildman–Crippen LogP) is 0.0337. The Balaban J connectivity index is 1.86. The number of hydrogen-bond donors (Lipinski definition) is 1. The van der Waals surface area contributed by atoms with Crippen LogP contribution in [0.3, 0.4) is 0 Å². The second-order valence-electron chi connectivity index (χ2n) is 4.47. The Bertz CT molecular complexity index is 480. The molecule has 6 nitrogen and oxygen atoms in total. The number of carbonyl (C=O) groups excluding carboxylic acids is 2. The molecule has 0 radical (unpaired) electrons. The number of amides is 2. The van der Waals surface area contributed by atoms with Crippen LogP contribution in [0.4, 0.5) is 0 Å². The number of aryl methyl sites for hydroxylation is 2. The van der Waals surface area contributed by atoms with Crippen LogP contribution in [0.25, 0.3) is 0 Å². The molecule has 1 N–H and O–H groups in total. The van der Waals surface area contributed by atoms with Gasteiger partial charge >= 0.3 is 0 Å². The van der Waals surface area contributed by atoms with Crippen LogP contribution < -0.4 is 5.32 Å². The first-order valence-corrected chi connectivity index (χ1v) is 7.38. The van der Waals surface area contributed by atoms with Crippen LogP contribution >= 0.6 is 11.8 Å². The number of nitrogens with zero attached hydrogens (tertiary/aromatic N) is 3. The molecule has 1 aromatic rings. The highest BCUT2D eigenvalue weighted by molar-refractivity contribution is 7.99. The van der Waals surface area contributed by atoms with Gasteiger partial charge in [-0.3, -0.25) is 14.3 Å². The van der Waals surface area contributed by atoms with Crippen molar-refractivity contribution in [1.29, 1.82) is 0 Å². The highest BCUT2D eigenvalue weighted by atomic mass is 32.2. The van der Waals surface area contributed by atoms with E-state index in [2.05, 4.69) is 10.4 Å². The second kappa shape index (κ2) is 6.10. The van der Waals surface area contributed by atoms with Crippen LogP contribution in [0.1, 0.15) is 16.2 Å². The van der Waals surface area contributed by atoms with Gasteiger partial charge in [-0.2, -0.15) is 16.9 Å². The van der Waals surface area contributed by atoms with Gasteiger partial charge in [0.15, 0.2) is 0 Å². The van der Waals surface area contributed by atoms with Crippen molar-refractivity contribution in [2.45, 2.75) is 6.92 Å². The molecule has 1 saturated heterocycles. The third-order valence-electron chi connectivity index (χ3n) is 3.00. The van der Waals surface area contributed by atoms with E-state index in [0.717, 1.165) is 30.3 Å². The second-order valence-corrected chi connectivity index (χ2v) is 5.70. The predicted molar refractivity (Wildman–Crippen MR) is 74.2 cm³/mol. The standard InChI is InChI=1S/C12H18N4O2S/c1-9-7-10(15(2)14-9)12(18)13-8-11(17)16-3-5-19-6-4-16/h7H,3-6,8H2,1-2H3,(H,13,18). The van der Waals surface area contributed by atoms with Gasteiger partial charge < -0.3 is 10.2 Å². The maximum Gasteiger partial charge on any atom is 0.269 e. The van der Waals surface area contributed by atoms with Crippen LogP contribution in [0.5, 0.6) is 0 Å². The molecule has 0 aromatic carbocycles. The zero-order valence-electron chi connectivity index (χ0n) is 11.2. The molecular weight excluding hydrogens is 264 g/mol. The van der Waals surface area contributed by atoms with Crippen LogP contribution in [0, 0.1) is 6.92 Å².